The molecule has 16 heavy (non-hydrogen) atoms. The maximum Gasteiger partial charge on any atom is 0.0762 e. The van der Waals surface area contributed by atoms with E-state index in [-0.39, 0.29) is 12.1 Å². The molecule has 0 saturated carbocycles. The highest BCUT2D eigenvalue weighted by Crippen LogP contribution is 2.10. The normalized spacial score (nSPS) is 15.4. The predicted molar refractivity (Wildman–Crippen MR) is 65.2 cm³/mol. The molecule has 1 unspecified atom stereocenters. The van der Waals surface area contributed by atoms with Crippen molar-refractivity contribution in [1.82, 2.24) is 15.1 Å². The Morgan fingerprint density at radius 3 is 2.69 bits per heavy atom. The van der Waals surface area contributed by atoms with Crippen LogP contribution in [0.25, 0.3) is 0 Å². The lowest BCUT2D eigenvalue weighted by Crippen LogP contribution is -2.44. The maximum atomic E-state index is 9.27. The summed E-state index contributed by atoms with van der Waals surface area (Å²) in [5.41, 5.74) is 0.809. The molecular formula is C12H23N3O. The van der Waals surface area contributed by atoms with Crippen LogP contribution in [0.15, 0.2) is 12.3 Å². The Labute approximate surface area is 97.7 Å². The molecule has 0 bridgehead atoms. The molecule has 0 fully saturated rings. The topological polar surface area (TPSA) is 50.1 Å². The number of aliphatic hydroxyl groups is 1. The van der Waals surface area contributed by atoms with Gasteiger partial charge in [-0.15, -0.1) is 0 Å². The fraction of sp³-hybridized carbons (Fsp3) is 0.750. The molecule has 92 valence electrons. The van der Waals surface area contributed by atoms with E-state index in [1.807, 2.05) is 23.9 Å². The van der Waals surface area contributed by atoms with Gasteiger partial charge < -0.3 is 10.4 Å². The molecule has 1 aromatic rings. The number of nitrogens with zero attached hydrogens (tertiary/aromatic N) is 2. The van der Waals surface area contributed by atoms with Crippen LogP contribution in [0, 0.1) is 0 Å². The van der Waals surface area contributed by atoms with Crippen LogP contribution in [0.1, 0.15) is 45.9 Å². The third kappa shape index (κ3) is 3.32. The summed E-state index contributed by atoms with van der Waals surface area (Å²) in [7, 11) is 0. The molecule has 0 aliphatic heterocycles. The molecule has 1 heterocycles. The van der Waals surface area contributed by atoms with Gasteiger partial charge in [0.2, 0.25) is 0 Å². The van der Waals surface area contributed by atoms with Crippen molar-refractivity contribution in [3.8, 4) is 0 Å². The van der Waals surface area contributed by atoms with Crippen LogP contribution in [-0.4, -0.2) is 27.0 Å². The largest absolute Gasteiger partial charge is 0.394 e. The van der Waals surface area contributed by atoms with E-state index < -0.39 is 0 Å². The zero-order valence-electron chi connectivity index (χ0n) is 10.7. The van der Waals surface area contributed by atoms with Gasteiger partial charge in [0.05, 0.1) is 12.3 Å². The average molecular weight is 225 g/mol. The quantitative estimate of drug-likeness (QED) is 0.775. The maximum absolute atomic E-state index is 9.27. The number of nitrogens with one attached hydrogen (secondary N) is 1. The molecule has 0 radical (unpaired) electrons. The lowest BCUT2D eigenvalue weighted by Gasteiger charge is -2.26. The molecule has 1 rings (SSSR count). The van der Waals surface area contributed by atoms with Crippen molar-refractivity contribution < 1.29 is 5.11 Å². The van der Waals surface area contributed by atoms with E-state index in [1.165, 1.54) is 0 Å². The SMILES string of the molecule is CCC(C)(CO)NCc1ccn(C(C)C)n1. The average Bonchev–Trinajstić information content (AvgIpc) is 2.75. The summed E-state index contributed by atoms with van der Waals surface area (Å²) in [6, 6.07) is 2.41. The van der Waals surface area contributed by atoms with Crippen LogP contribution >= 0.6 is 0 Å². The van der Waals surface area contributed by atoms with Crippen LogP contribution in [0.5, 0.6) is 0 Å². The van der Waals surface area contributed by atoms with Crippen molar-refractivity contribution in [2.24, 2.45) is 0 Å². The summed E-state index contributed by atoms with van der Waals surface area (Å²) >= 11 is 0. The molecule has 4 heteroatoms. The smallest absolute Gasteiger partial charge is 0.0762 e. The van der Waals surface area contributed by atoms with E-state index in [2.05, 4.69) is 31.2 Å². The number of hydrogen-bond acceptors (Lipinski definition) is 3. The van der Waals surface area contributed by atoms with Gasteiger partial charge in [0.1, 0.15) is 0 Å². The van der Waals surface area contributed by atoms with Crippen LogP contribution < -0.4 is 5.32 Å². The molecule has 2 N–H and O–H groups in total. The second-order valence-corrected chi connectivity index (χ2v) is 4.81. The summed E-state index contributed by atoms with van der Waals surface area (Å²) in [5, 5.41) is 17.1. The standard InChI is InChI=1S/C12H23N3O/c1-5-12(4,9-16)13-8-11-6-7-15(14-11)10(2)3/h6-7,10,13,16H,5,8-9H2,1-4H3. The Morgan fingerprint density at radius 2 is 2.25 bits per heavy atom. The van der Waals surface area contributed by atoms with Gasteiger partial charge in [-0.25, -0.2) is 0 Å². The second kappa shape index (κ2) is 5.46. The van der Waals surface area contributed by atoms with E-state index in [1.54, 1.807) is 0 Å². The first-order valence-electron chi connectivity index (χ1n) is 5.90. The van der Waals surface area contributed by atoms with Crippen molar-refractivity contribution in [2.45, 2.75) is 52.2 Å². The minimum Gasteiger partial charge on any atom is -0.394 e. The van der Waals surface area contributed by atoms with Crippen molar-refractivity contribution in [3.05, 3.63) is 18.0 Å². The minimum atomic E-state index is -0.207. The van der Waals surface area contributed by atoms with Crippen LogP contribution in [0.4, 0.5) is 0 Å². The molecule has 0 aromatic carbocycles. The first kappa shape index (κ1) is 13.2. The summed E-state index contributed by atoms with van der Waals surface area (Å²) < 4.78 is 1.94. The summed E-state index contributed by atoms with van der Waals surface area (Å²) in [6.07, 6.45) is 2.89. The predicted octanol–water partition coefficient (Wildman–Crippen LogP) is 1.71. The van der Waals surface area contributed by atoms with Gasteiger partial charge in [-0.1, -0.05) is 6.92 Å². The van der Waals surface area contributed by atoms with Gasteiger partial charge in [0.25, 0.3) is 0 Å². The Morgan fingerprint density at radius 1 is 1.56 bits per heavy atom. The van der Waals surface area contributed by atoms with Crippen LogP contribution in [0.3, 0.4) is 0 Å². The van der Waals surface area contributed by atoms with Crippen molar-refractivity contribution in [2.75, 3.05) is 6.61 Å². The molecule has 0 aliphatic carbocycles. The van der Waals surface area contributed by atoms with E-state index in [0.717, 1.165) is 12.1 Å². The summed E-state index contributed by atoms with van der Waals surface area (Å²) in [4.78, 5) is 0. The minimum absolute atomic E-state index is 0.147. The highest BCUT2D eigenvalue weighted by molar-refractivity contribution is 5.00. The van der Waals surface area contributed by atoms with Gasteiger partial charge in [0, 0.05) is 24.3 Å². The Kier molecular flexibility index (Phi) is 4.50. The zero-order valence-corrected chi connectivity index (χ0v) is 10.7. The van der Waals surface area contributed by atoms with Crippen molar-refractivity contribution in [1.29, 1.82) is 0 Å². The van der Waals surface area contributed by atoms with Gasteiger partial charge >= 0.3 is 0 Å². The van der Waals surface area contributed by atoms with Gasteiger partial charge in [-0.05, 0) is 33.3 Å². The number of aromatic nitrogens is 2. The lowest BCUT2D eigenvalue weighted by atomic mass is 10.0. The lowest BCUT2D eigenvalue weighted by molar-refractivity contribution is 0.168. The third-order valence-electron chi connectivity index (χ3n) is 3.02. The van der Waals surface area contributed by atoms with Crippen molar-refractivity contribution in [3.63, 3.8) is 0 Å². The third-order valence-corrected chi connectivity index (χ3v) is 3.02. The summed E-state index contributed by atoms with van der Waals surface area (Å²) in [5.74, 6) is 0. The fourth-order valence-electron chi connectivity index (χ4n) is 1.36. The molecule has 0 amide bonds. The second-order valence-electron chi connectivity index (χ2n) is 4.81. The van der Waals surface area contributed by atoms with Crippen molar-refractivity contribution >= 4 is 0 Å². The zero-order chi connectivity index (χ0) is 12.2. The van der Waals surface area contributed by atoms with Crippen LogP contribution in [0.2, 0.25) is 0 Å². The highest BCUT2D eigenvalue weighted by atomic mass is 16.3. The van der Waals surface area contributed by atoms with Gasteiger partial charge in [-0.2, -0.15) is 5.10 Å². The molecule has 0 spiro atoms. The first-order valence-corrected chi connectivity index (χ1v) is 5.90. The summed E-state index contributed by atoms with van der Waals surface area (Å²) in [6.45, 7) is 9.14. The van der Waals surface area contributed by atoms with Gasteiger partial charge in [-0.3, -0.25) is 4.68 Å². The Bertz CT molecular complexity index is 316. The molecular weight excluding hydrogens is 202 g/mol. The van der Waals surface area contributed by atoms with E-state index >= 15 is 0 Å². The Hall–Kier alpha value is -0.870. The molecule has 1 aromatic heterocycles. The Balaban J connectivity index is 2.54. The van der Waals surface area contributed by atoms with Gasteiger partial charge in [0.15, 0.2) is 0 Å². The molecule has 4 nitrogen and oxygen atoms in total. The molecule has 0 aliphatic rings. The number of hydrogen-bond donors (Lipinski definition) is 2. The van der Waals surface area contributed by atoms with Crippen LogP contribution in [-0.2, 0) is 6.54 Å². The molecule has 1 atom stereocenters. The molecule has 0 saturated heterocycles. The number of rotatable bonds is 6. The van der Waals surface area contributed by atoms with E-state index in [4.69, 9.17) is 0 Å². The monoisotopic (exact) mass is 225 g/mol. The number of aliphatic hydroxyl groups excluding tert-OH is 1. The fourth-order valence-corrected chi connectivity index (χ4v) is 1.36. The van der Waals surface area contributed by atoms with E-state index in [9.17, 15) is 5.11 Å². The van der Waals surface area contributed by atoms with E-state index in [0.29, 0.717) is 12.6 Å². The highest BCUT2D eigenvalue weighted by Gasteiger charge is 2.19. The first-order chi connectivity index (χ1) is 7.50.